The lowest BCUT2D eigenvalue weighted by atomic mass is 10.2. The van der Waals surface area contributed by atoms with Crippen molar-refractivity contribution < 1.29 is 17.6 Å². The maximum absolute atomic E-state index is 13.1. The van der Waals surface area contributed by atoms with Gasteiger partial charge in [0.2, 0.25) is 15.9 Å². The highest BCUT2D eigenvalue weighted by molar-refractivity contribution is 7.89. The van der Waals surface area contributed by atoms with Crippen LogP contribution in [0.25, 0.3) is 0 Å². The highest BCUT2D eigenvalue weighted by Crippen LogP contribution is 2.27. The molecule has 1 fully saturated rings. The number of sulfonamides is 1. The molecule has 1 saturated heterocycles. The first-order chi connectivity index (χ1) is 12.8. The average molecular weight is 412 g/mol. The average Bonchev–Trinajstić information content (AvgIpc) is 3.28. The number of carbonyl (C=O) groups excluding carboxylic acids is 1. The van der Waals surface area contributed by atoms with Crippen LogP contribution in [0.2, 0.25) is 0 Å². The molecule has 1 aliphatic rings. The Morgan fingerprint density at radius 3 is 2.70 bits per heavy atom. The number of nitrogens with zero attached hydrogens (tertiary/aromatic N) is 3. The van der Waals surface area contributed by atoms with Crippen molar-refractivity contribution in [2.75, 3.05) is 20.1 Å². The standard InChI is InChI=1S/C18H22FN3O3S2/c1-13-17(26-12-20-13)9-11-21(2)18(23)16-4-3-10-22(16)27(24,25)15-7-5-14(19)6-8-15/h5-8,12,16H,3-4,9-11H2,1-2H3. The third kappa shape index (κ3) is 4.20. The minimum Gasteiger partial charge on any atom is -0.344 e. The van der Waals surface area contributed by atoms with Gasteiger partial charge in [-0.05, 0) is 44.0 Å². The minimum atomic E-state index is -3.84. The smallest absolute Gasteiger partial charge is 0.243 e. The van der Waals surface area contributed by atoms with E-state index in [0.29, 0.717) is 25.8 Å². The maximum Gasteiger partial charge on any atom is 0.243 e. The lowest BCUT2D eigenvalue weighted by Crippen LogP contribution is -2.46. The van der Waals surface area contributed by atoms with E-state index in [0.717, 1.165) is 22.7 Å². The van der Waals surface area contributed by atoms with Gasteiger partial charge in [-0.3, -0.25) is 4.79 Å². The van der Waals surface area contributed by atoms with Crippen LogP contribution in [0, 0.1) is 12.7 Å². The summed E-state index contributed by atoms with van der Waals surface area (Å²) in [5.41, 5.74) is 2.74. The molecule has 0 spiro atoms. The van der Waals surface area contributed by atoms with Crippen molar-refractivity contribution in [1.29, 1.82) is 0 Å². The summed E-state index contributed by atoms with van der Waals surface area (Å²) in [5, 5.41) is 0. The highest BCUT2D eigenvalue weighted by Gasteiger charge is 2.40. The van der Waals surface area contributed by atoms with Crippen molar-refractivity contribution in [3.8, 4) is 0 Å². The van der Waals surface area contributed by atoms with Crippen LogP contribution in [0.4, 0.5) is 4.39 Å². The number of amides is 1. The Hall–Kier alpha value is -1.84. The first-order valence-corrected chi connectivity index (χ1v) is 11.0. The van der Waals surface area contributed by atoms with E-state index in [1.807, 2.05) is 6.92 Å². The van der Waals surface area contributed by atoms with Crippen molar-refractivity contribution in [3.05, 3.63) is 46.2 Å². The van der Waals surface area contributed by atoms with Crippen LogP contribution in [0.15, 0.2) is 34.7 Å². The summed E-state index contributed by atoms with van der Waals surface area (Å²) in [7, 11) is -2.14. The molecule has 146 valence electrons. The molecule has 1 aromatic carbocycles. The SMILES string of the molecule is Cc1ncsc1CCN(C)C(=O)C1CCCN1S(=O)(=O)c1ccc(F)cc1. The number of rotatable bonds is 6. The van der Waals surface area contributed by atoms with E-state index in [9.17, 15) is 17.6 Å². The first-order valence-electron chi connectivity index (χ1n) is 8.72. The van der Waals surface area contributed by atoms with Gasteiger partial charge < -0.3 is 4.90 Å². The Morgan fingerprint density at radius 2 is 2.07 bits per heavy atom. The van der Waals surface area contributed by atoms with Gasteiger partial charge in [-0.15, -0.1) is 11.3 Å². The molecule has 2 heterocycles. The fraction of sp³-hybridized carbons (Fsp3) is 0.444. The van der Waals surface area contributed by atoms with E-state index in [-0.39, 0.29) is 17.3 Å². The lowest BCUT2D eigenvalue weighted by Gasteiger charge is -2.27. The van der Waals surface area contributed by atoms with Crippen LogP contribution < -0.4 is 0 Å². The molecule has 2 aromatic rings. The Kier molecular flexibility index (Phi) is 5.92. The summed E-state index contributed by atoms with van der Waals surface area (Å²) in [6, 6.07) is 3.99. The van der Waals surface area contributed by atoms with Crippen LogP contribution in [0.5, 0.6) is 0 Å². The van der Waals surface area contributed by atoms with E-state index in [4.69, 9.17) is 0 Å². The molecular formula is C18H22FN3O3S2. The first kappa shape index (κ1) is 19.9. The van der Waals surface area contributed by atoms with E-state index in [1.54, 1.807) is 28.8 Å². The molecule has 1 aromatic heterocycles. The molecule has 1 unspecified atom stereocenters. The second kappa shape index (κ2) is 8.04. The maximum atomic E-state index is 13.1. The second-order valence-electron chi connectivity index (χ2n) is 6.60. The number of aryl methyl sites for hydroxylation is 1. The van der Waals surface area contributed by atoms with Gasteiger partial charge in [0, 0.05) is 31.4 Å². The molecule has 0 radical (unpaired) electrons. The van der Waals surface area contributed by atoms with Crippen LogP contribution in [0.3, 0.4) is 0 Å². The predicted molar refractivity (Wildman–Crippen MR) is 102 cm³/mol. The van der Waals surface area contributed by atoms with Gasteiger partial charge in [0.1, 0.15) is 11.9 Å². The number of likely N-dealkylation sites (N-methyl/N-ethyl adjacent to an activating group) is 1. The fourth-order valence-corrected chi connectivity index (χ4v) is 5.64. The Bertz CT molecular complexity index is 912. The van der Waals surface area contributed by atoms with Gasteiger partial charge in [-0.2, -0.15) is 4.31 Å². The molecule has 9 heteroatoms. The van der Waals surface area contributed by atoms with Crippen molar-refractivity contribution in [1.82, 2.24) is 14.2 Å². The van der Waals surface area contributed by atoms with Crippen LogP contribution in [0.1, 0.15) is 23.4 Å². The van der Waals surface area contributed by atoms with Crippen molar-refractivity contribution >= 4 is 27.3 Å². The zero-order valence-electron chi connectivity index (χ0n) is 15.3. The van der Waals surface area contributed by atoms with E-state index in [2.05, 4.69) is 4.98 Å². The summed E-state index contributed by atoms with van der Waals surface area (Å²) < 4.78 is 40.2. The third-order valence-corrected chi connectivity index (χ3v) is 7.72. The molecule has 0 saturated carbocycles. The van der Waals surface area contributed by atoms with E-state index < -0.39 is 21.9 Å². The monoisotopic (exact) mass is 411 g/mol. The number of carbonyl (C=O) groups is 1. The van der Waals surface area contributed by atoms with Gasteiger partial charge >= 0.3 is 0 Å². The summed E-state index contributed by atoms with van der Waals surface area (Å²) >= 11 is 1.55. The van der Waals surface area contributed by atoms with Crippen LogP contribution in [-0.2, 0) is 21.2 Å². The summed E-state index contributed by atoms with van der Waals surface area (Å²) in [5.74, 6) is -0.707. The zero-order valence-corrected chi connectivity index (χ0v) is 16.9. The molecule has 0 bridgehead atoms. The molecule has 27 heavy (non-hydrogen) atoms. The van der Waals surface area contributed by atoms with Crippen molar-refractivity contribution in [2.24, 2.45) is 0 Å². The summed E-state index contributed by atoms with van der Waals surface area (Å²) in [6.45, 7) is 2.72. The molecule has 1 amide bonds. The van der Waals surface area contributed by atoms with Gasteiger partial charge in [0.15, 0.2) is 0 Å². The lowest BCUT2D eigenvalue weighted by molar-refractivity contribution is -0.133. The number of hydrogen-bond donors (Lipinski definition) is 0. The minimum absolute atomic E-state index is 0.00605. The normalized spacial score (nSPS) is 18.0. The van der Waals surface area contributed by atoms with Gasteiger partial charge in [-0.1, -0.05) is 0 Å². The van der Waals surface area contributed by atoms with Gasteiger partial charge in [-0.25, -0.2) is 17.8 Å². The van der Waals surface area contributed by atoms with Crippen molar-refractivity contribution in [3.63, 3.8) is 0 Å². The molecule has 3 rings (SSSR count). The molecule has 0 aliphatic carbocycles. The number of halogens is 1. The number of hydrogen-bond acceptors (Lipinski definition) is 5. The Labute approximate surface area is 162 Å². The van der Waals surface area contributed by atoms with Crippen molar-refractivity contribution in [2.45, 2.75) is 37.1 Å². The molecule has 1 atom stereocenters. The van der Waals surface area contributed by atoms with E-state index in [1.165, 1.54) is 16.4 Å². The zero-order chi connectivity index (χ0) is 19.6. The summed E-state index contributed by atoms with van der Waals surface area (Å²) in [4.78, 5) is 19.8. The molecule has 1 aliphatic heterocycles. The van der Waals surface area contributed by atoms with Gasteiger partial charge in [0.25, 0.3) is 0 Å². The molecule has 6 nitrogen and oxygen atoms in total. The number of thiazole rings is 1. The highest BCUT2D eigenvalue weighted by atomic mass is 32.2. The molecule has 0 N–H and O–H groups in total. The third-order valence-electron chi connectivity index (χ3n) is 4.80. The summed E-state index contributed by atoms with van der Waals surface area (Å²) in [6.07, 6.45) is 1.80. The van der Waals surface area contributed by atoms with Gasteiger partial charge in [0.05, 0.1) is 16.1 Å². The largest absolute Gasteiger partial charge is 0.344 e. The Morgan fingerprint density at radius 1 is 1.37 bits per heavy atom. The quantitative estimate of drug-likeness (QED) is 0.732. The topological polar surface area (TPSA) is 70.6 Å². The van der Waals surface area contributed by atoms with E-state index >= 15 is 0 Å². The number of benzene rings is 1. The van der Waals surface area contributed by atoms with Crippen LogP contribution in [-0.4, -0.2) is 54.7 Å². The second-order valence-corrected chi connectivity index (χ2v) is 9.43. The molecular weight excluding hydrogens is 389 g/mol. The fourth-order valence-electron chi connectivity index (χ4n) is 3.22. The predicted octanol–water partition coefficient (Wildman–Crippen LogP) is 2.44. The number of aromatic nitrogens is 1. The van der Waals surface area contributed by atoms with Crippen LogP contribution >= 0.6 is 11.3 Å². The Balaban J connectivity index is 1.72.